The first-order chi connectivity index (χ1) is 16.7. The van der Waals surface area contributed by atoms with E-state index in [0.717, 1.165) is 6.42 Å². The molecule has 3 aliphatic heterocycles. The van der Waals surface area contributed by atoms with Gasteiger partial charge in [-0.25, -0.2) is 0 Å². The zero-order valence-electron chi connectivity index (χ0n) is 23.1. The van der Waals surface area contributed by atoms with Crippen LogP contribution in [-0.2, 0) is 19.1 Å². The van der Waals surface area contributed by atoms with Gasteiger partial charge >= 0.3 is 0 Å². The van der Waals surface area contributed by atoms with E-state index in [2.05, 4.69) is 33.9 Å². The summed E-state index contributed by atoms with van der Waals surface area (Å²) in [6, 6.07) is -1.50. The van der Waals surface area contributed by atoms with Crippen molar-refractivity contribution >= 4 is 17.7 Å². The number of ether oxygens (including phenoxy) is 1. The third kappa shape index (κ3) is 4.62. The van der Waals surface area contributed by atoms with E-state index in [1.54, 1.807) is 35.9 Å². The Bertz CT molecular complexity index is 909. The number of rotatable bonds is 10. The fourth-order valence-corrected chi connectivity index (χ4v) is 7.06. The number of fused-ring (bicyclic) bond motifs is 1. The van der Waals surface area contributed by atoms with E-state index in [1.165, 1.54) is 4.90 Å². The molecular weight excluding hydrogens is 458 g/mol. The number of carbonyl (C=O) groups is 3. The molecule has 3 amide bonds. The summed E-state index contributed by atoms with van der Waals surface area (Å²) in [5, 5.41) is 10.1. The van der Waals surface area contributed by atoms with Gasteiger partial charge in [-0.15, -0.1) is 13.2 Å². The fourth-order valence-electron chi connectivity index (χ4n) is 7.06. The van der Waals surface area contributed by atoms with Crippen LogP contribution in [0.3, 0.4) is 0 Å². The lowest BCUT2D eigenvalue weighted by atomic mass is 9.70. The number of likely N-dealkylation sites (N-methyl/N-ethyl adjacent to an activating group) is 1. The van der Waals surface area contributed by atoms with Crippen molar-refractivity contribution in [3.05, 3.63) is 25.3 Å². The van der Waals surface area contributed by atoms with Gasteiger partial charge in [0, 0.05) is 25.7 Å². The molecule has 0 radical (unpaired) electrons. The SMILES string of the molecule is C=CCN(C)C(=O)[C@@H]1[C@H]2C(=O)N([C@H](C)CO)C(C(=O)N(CC=C)C(C)(C)CC(C)(C)C)C23CC[C@H]1O3. The molecule has 0 aliphatic carbocycles. The molecule has 202 valence electrons. The first-order valence-electron chi connectivity index (χ1n) is 13.1. The minimum absolute atomic E-state index is 0.0385. The Hall–Kier alpha value is -2.19. The molecule has 0 saturated carbocycles. The number of aliphatic hydroxyl groups is 1. The van der Waals surface area contributed by atoms with Gasteiger partial charge in [0.15, 0.2) is 0 Å². The summed E-state index contributed by atoms with van der Waals surface area (Å²) in [4.78, 5) is 46.8. The lowest BCUT2D eigenvalue weighted by Gasteiger charge is -2.46. The number of nitrogens with zero attached hydrogens (tertiary/aromatic N) is 3. The molecule has 0 aromatic heterocycles. The van der Waals surface area contributed by atoms with Crippen molar-refractivity contribution in [2.45, 2.75) is 90.1 Å². The van der Waals surface area contributed by atoms with Crippen LogP contribution in [0.2, 0.25) is 0 Å². The van der Waals surface area contributed by atoms with Crippen molar-refractivity contribution < 1.29 is 24.2 Å². The highest BCUT2D eigenvalue weighted by Crippen LogP contribution is 2.59. The number of amides is 3. The minimum atomic E-state index is -1.09. The van der Waals surface area contributed by atoms with Gasteiger partial charge in [-0.1, -0.05) is 32.9 Å². The summed E-state index contributed by atoms with van der Waals surface area (Å²) >= 11 is 0. The van der Waals surface area contributed by atoms with Gasteiger partial charge in [-0.3, -0.25) is 14.4 Å². The van der Waals surface area contributed by atoms with E-state index in [4.69, 9.17) is 4.74 Å². The third-order valence-electron chi connectivity index (χ3n) is 8.05. The second-order valence-electron chi connectivity index (χ2n) is 12.6. The Balaban J connectivity index is 2.09. The second kappa shape index (κ2) is 9.93. The monoisotopic (exact) mass is 503 g/mol. The van der Waals surface area contributed by atoms with Gasteiger partial charge in [-0.05, 0) is 45.4 Å². The van der Waals surface area contributed by atoms with Crippen molar-refractivity contribution in [3.8, 4) is 0 Å². The molecular formula is C28H45N3O5. The van der Waals surface area contributed by atoms with Gasteiger partial charge in [0.25, 0.3) is 0 Å². The van der Waals surface area contributed by atoms with E-state index in [9.17, 15) is 19.5 Å². The van der Waals surface area contributed by atoms with Crippen molar-refractivity contribution in [1.29, 1.82) is 0 Å². The van der Waals surface area contributed by atoms with Crippen LogP contribution in [-0.4, -0.2) is 93.6 Å². The van der Waals surface area contributed by atoms with E-state index < -0.39 is 41.2 Å². The van der Waals surface area contributed by atoms with Crippen LogP contribution in [0, 0.1) is 17.3 Å². The molecule has 3 rings (SSSR count). The van der Waals surface area contributed by atoms with Gasteiger partial charge in [-0.2, -0.15) is 0 Å². The molecule has 0 aromatic carbocycles. The van der Waals surface area contributed by atoms with Crippen LogP contribution in [0.15, 0.2) is 25.3 Å². The molecule has 36 heavy (non-hydrogen) atoms. The molecule has 2 unspecified atom stereocenters. The lowest BCUT2D eigenvalue weighted by molar-refractivity contribution is -0.155. The molecule has 8 heteroatoms. The quantitative estimate of drug-likeness (QED) is 0.463. The zero-order chi connectivity index (χ0) is 27.2. The fraction of sp³-hybridized carbons (Fsp3) is 0.750. The maximum atomic E-state index is 14.5. The number of carbonyl (C=O) groups excluding carboxylic acids is 3. The Kier molecular flexibility index (Phi) is 7.83. The smallest absolute Gasteiger partial charge is 0.249 e. The van der Waals surface area contributed by atoms with Gasteiger partial charge < -0.3 is 24.5 Å². The number of aliphatic hydroxyl groups excluding tert-OH is 1. The van der Waals surface area contributed by atoms with E-state index in [-0.39, 0.29) is 29.7 Å². The highest BCUT2D eigenvalue weighted by atomic mass is 16.5. The third-order valence-corrected chi connectivity index (χ3v) is 8.05. The molecule has 1 spiro atoms. The molecule has 0 aromatic rings. The molecule has 3 fully saturated rings. The highest BCUT2D eigenvalue weighted by molar-refractivity contribution is 5.99. The van der Waals surface area contributed by atoms with Crippen LogP contribution in [0.5, 0.6) is 0 Å². The molecule has 3 aliphatic rings. The highest BCUT2D eigenvalue weighted by Gasteiger charge is 2.75. The molecule has 8 nitrogen and oxygen atoms in total. The van der Waals surface area contributed by atoms with Crippen LogP contribution in [0.1, 0.15) is 60.8 Å². The van der Waals surface area contributed by atoms with Crippen molar-refractivity contribution in [1.82, 2.24) is 14.7 Å². The predicted octanol–water partition coefficient (Wildman–Crippen LogP) is 2.62. The maximum absolute atomic E-state index is 14.5. The summed E-state index contributed by atoms with van der Waals surface area (Å²) in [7, 11) is 1.69. The Labute approximate surface area is 216 Å². The van der Waals surface area contributed by atoms with Crippen molar-refractivity contribution in [2.24, 2.45) is 17.3 Å². The summed E-state index contributed by atoms with van der Waals surface area (Å²) < 4.78 is 6.53. The second-order valence-corrected chi connectivity index (χ2v) is 12.6. The largest absolute Gasteiger partial charge is 0.394 e. The Morgan fingerprint density at radius 1 is 1.19 bits per heavy atom. The summed E-state index contributed by atoms with van der Waals surface area (Å²) in [6.45, 7) is 20.2. The van der Waals surface area contributed by atoms with Crippen molar-refractivity contribution in [2.75, 3.05) is 26.7 Å². The molecule has 1 N–H and O–H groups in total. The van der Waals surface area contributed by atoms with Crippen LogP contribution in [0.25, 0.3) is 0 Å². The predicted molar refractivity (Wildman–Crippen MR) is 139 cm³/mol. The topological polar surface area (TPSA) is 90.4 Å². The van der Waals surface area contributed by atoms with Gasteiger partial charge in [0.1, 0.15) is 11.6 Å². The molecule has 3 saturated heterocycles. The minimum Gasteiger partial charge on any atom is -0.394 e. The molecule has 3 heterocycles. The van der Waals surface area contributed by atoms with E-state index in [1.807, 2.05) is 13.8 Å². The first kappa shape index (κ1) is 28.4. The lowest BCUT2D eigenvalue weighted by Crippen LogP contribution is -2.62. The number of hydrogen-bond donors (Lipinski definition) is 1. The number of likely N-dealkylation sites (tertiary alicyclic amines) is 1. The number of hydrogen-bond acceptors (Lipinski definition) is 5. The molecule has 2 bridgehead atoms. The van der Waals surface area contributed by atoms with Gasteiger partial charge in [0.05, 0.1) is 30.6 Å². The van der Waals surface area contributed by atoms with Crippen LogP contribution >= 0.6 is 0 Å². The average molecular weight is 504 g/mol. The summed E-state index contributed by atoms with van der Waals surface area (Å²) in [6.07, 6.45) is 4.82. The zero-order valence-corrected chi connectivity index (χ0v) is 23.1. The average Bonchev–Trinajstić information content (AvgIpc) is 3.41. The Morgan fingerprint density at radius 3 is 2.33 bits per heavy atom. The van der Waals surface area contributed by atoms with Crippen LogP contribution in [0.4, 0.5) is 0 Å². The normalized spacial score (nSPS) is 30.2. The Morgan fingerprint density at radius 2 is 1.81 bits per heavy atom. The maximum Gasteiger partial charge on any atom is 0.249 e. The van der Waals surface area contributed by atoms with Crippen molar-refractivity contribution in [3.63, 3.8) is 0 Å². The first-order valence-corrected chi connectivity index (χ1v) is 13.1. The van der Waals surface area contributed by atoms with E-state index >= 15 is 0 Å². The summed E-state index contributed by atoms with van der Waals surface area (Å²) in [5.41, 5.74) is -1.65. The van der Waals surface area contributed by atoms with E-state index in [0.29, 0.717) is 25.9 Å². The van der Waals surface area contributed by atoms with Gasteiger partial charge in [0.2, 0.25) is 17.7 Å². The molecule has 6 atom stereocenters. The summed E-state index contributed by atoms with van der Waals surface area (Å²) in [5.74, 6) is -2.07. The van der Waals surface area contributed by atoms with Crippen LogP contribution < -0.4 is 0 Å². The standard InChI is InChI=1S/C28H45N3O5/c1-10-14-29(9)23(33)20-19-12-13-28(36-19)21(20)24(34)31(18(3)16-32)22(28)25(35)30(15-11-2)27(7,8)17-26(4,5)6/h10-11,18-22,32H,1-2,12-17H2,3-9H3/t18-,19-,20+,21+,22?,28?/m1/s1.